The van der Waals surface area contributed by atoms with Crippen LogP contribution >= 0.6 is 0 Å². The van der Waals surface area contributed by atoms with Crippen molar-refractivity contribution in [1.82, 2.24) is 0 Å². The molecular weight excluding hydrogens is 360 g/mol. The summed E-state index contributed by atoms with van der Waals surface area (Å²) in [5, 5.41) is 61.8. The van der Waals surface area contributed by atoms with Crippen molar-refractivity contribution in [3.05, 3.63) is 35.4 Å². The minimum absolute atomic E-state index is 0.117. The second-order valence-electron chi connectivity index (χ2n) is 9.24. The summed E-state index contributed by atoms with van der Waals surface area (Å²) < 4.78 is 0. The van der Waals surface area contributed by atoms with Crippen molar-refractivity contribution in [2.45, 2.75) is 49.4 Å². The van der Waals surface area contributed by atoms with Crippen molar-refractivity contribution in [3.63, 3.8) is 0 Å². The average molecular weight is 384 g/mol. The molecule has 4 bridgehead atoms. The summed E-state index contributed by atoms with van der Waals surface area (Å²) in [6, 6.07) is 5.04. The number of rotatable bonds is 2. The van der Waals surface area contributed by atoms with E-state index in [9.17, 15) is 30.6 Å². The highest BCUT2D eigenvalue weighted by Crippen LogP contribution is 2.69. The zero-order valence-corrected chi connectivity index (χ0v) is 15.4. The van der Waals surface area contributed by atoms with Gasteiger partial charge in [-0.15, -0.1) is 0 Å². The molecule has 6 heteroatoms. The Hall–Kier alpha value is -2.76. The van der Waals surface area contributed by atoms with E-state index in [4.69, 9.17) is 0 Å². The van der Waals surface area contributed by atoms with E-state index in [1.807, 2.05) is 0 Å². The Bertz CT molecular complexity index is 845. The first kappa shape index (κ1) is 17.3. The highest BCUT2D eigenvalue weighted by molar-refractivity contribution is 5.58. The van der Waals surface area contributed by atoms with Crippen LogP contribution < -0.4 is 0 Å². The highest BCUT2D eigenvalue weighted by atomic mass is 16.3. The van der Waals surface area contributed by atoms with Gasteiger partial charge in [0.1, 0.15) is 34.5 Å². The standard InChI is InChI=1S/C22H24O6/c23-13-2-15(25)19(16(26)3-13)21-6-11-1-12(7-21)9-22(8-11,10-21)20-17(27)4-14(24)5-18(20)28/h2-5,11-12,23-28H,1,6-10H2. The molecule has 6 nitrogen and oxygen atoms in total. The third-order valence-corrected chi connectivity index (χ3v) is 7.28. The normalized spacial score (nSPS) is 33.3. The highest BCUT2D eigenvalue weighted by Gasteiger charge is 2.61. The first-order valence-electron chi connectivity index (χ1n) is 9.72. The van der Waals surface area contributed by atoms with Crippen molar-refractivity contribution in [2.75, 3.05) is 0 Å². The zero-order valence-electron chi connectivity index (χ0n) is 15.4. The average Bonchev–Trinajstić information content (AvgIpc) is 2.50. The fourth-order valence-corrected chi connectivity index (χ4v) is 7.13. The predicted octanol–water partition coefficient (Wildman–Crippen LogP) is 3.71. The molecule has 0 atom stereocenters. The van der Waals surface area contributed by atoms with Crippen LogP contribution in [0.15, 0.2) is 24.3 Å². The zero-order chi connectivity index (χ0) is 19.8. The maximum Gasteiger partial charge on any atom is 0.126 e. The third-order valence-electron chi connectivity index (χ3n) is 7.28. The lowest BCUT2D eigenvalue weighted by Gasteiger charge is -2.62. The monoisotopic (exact) mass is 384 g/mol. The molecule has 0 radical (unpaired) electrons. The van der Waals surface area contributed by atoms with Crippen LogP contribution in [0.3, 0.4) is 0 Å². The first-order chi connectivity index (χ1) is 13.2. The van der Waals surface area contributed by atoms with E-state index < -0.39 is 10.8 Å². The topological polar surface area (TPSA) is 121 Å². The number of phenols is 6. The van der Waals surface area contributed by atoms with Gasteiger partial charge in [-0.3, -0.25) is 0 Å². The van der Waals surface area contributed by atoms with E-state index >= 15 is 0 Å². The molecule has 2 aromatic carbocycles. The fourth-order valence-electron chi connectivity index (χ4n) is 7.13. The van der Waals surface area contributed by atoms with Crippen molar-refractivity contribution in [2.24, 2.45) is 11.8 Å². The van der Waals surface area contributed by atoms with E-state index in [1.165, 1.54) is 24.3 Å². The van der Waals surface area contributed by atoms with Gasteiger partial charge in [-0.25, -0.2) is 0 Å². The van der Waals surface area contributed by atoms with Gasteiger partial charge in [0, 0.05) is 46.2 Å². The van der Waals surface area contributed by atoms with Crippen LogP contribution in [0.2, 0.25) is 0 Å². The van der Waals surface area contributed by atoms with Crippen molar-refractivity contribution in [3.8, 4) is 34.5 Å². The molecule has 148 valence electrons. The van der Waals surface area contributed by atoms with Crippen LogP contribution in [0.25, 0.3) is 0 Å². The summed E-state index contributed by atoms with van der Waals surface area (Å²) in [6.07, 6.45) is 4.90. The van der Waals surface area contributed by atoms with Crippen molar-refractivity contribution < 1.29 is 30.6 Å². The Balaban J connectivity index is 1.69. The molecule has 0 aliphatic heterocycles. The van der Waals surface area contributed by atoms with Crippen LogP contribution in [0.4, 0.5) is 0 Å². The van der Waals surface area contributed by atoms with Gasteiger partial charge in [-0.05, 0) is 50.4 Å². The smallest absolute Gasteiger partial charge is 0.126 e. The largest absolute Gasteiger partial charge is 0.508 e. The van der Waals surface area contributed by atoms with Gasteiger partial charge >= 0.3 is 0 Å². The van der Waals surface area contributed by atoms with E-state index in [0.717, 1.165) is 32.1 Å². The molecule has 0 amide bonds. The Morgan fingerprint density at radius 2 is 0.893 bits per heavy atom. The van der Waals surface area contributed by atoms with Gasteiger partial charge in [0.15, 0.2) is 0 Å². The fraction of sp³-hybridized carbons (Fsp3) is 0.455. The number of phenolic OH excluding ortho intramolecular Hbond substituents is 6. The van der Waals surface area contributed by atoms with Gasteiger partial charge in [0.25, 0.3) is 0 Å². The molecule has 6 rings (SSSR count). The van der Waals surface area contributed by atoms with Crippen LogP contribution in [0, 0.1) is 11.8 Å². The Morgan fingerprint density at radius 1 is 0.571 bits per heavy atom. The lowest BCUT2D eigenvalue weighted by molar-refractivity contribution is -0.0313. The summed E-state index contributed by atoms with van der Waals surface area (Å²) in [4.78, 5) is 0. The van der Waals surface area contributed by atoms with Crippen molar-refractivity contribution in [1.29, 1.82) is 0 Å². The quantitative estimate of drug-likeness (QED) is 0.469. The summed E-state index contributed by atoms with van der Waals surface area (Å²) in [7, 11) is 0. The molecule has 0 heterocycles. The third kappa shape index (κ3) is 2.26. The first-order valence-corrected chi connectivity index (χ1v) is 9.72. The molecule has 0 aromatic heterocycles. The van der Waals surface area contributed by atoms with Gasteiger partial charge in [-0.1, -0.05) is 0 Å². The number of aromatic hydroxyl groups is 6. The Morgan fingerprint density at radius 3 is 1.21 bits per heavy atom. The predicted molar refractivity (Wildman–Crippen MR) is 101 cm³/mol. The summed E-state index contributed by atoms with van der Waals surface area (Å²) in [5.41, 5.74) is -0.0473. The Kier molecular flexibility index (Phi) is 3.35. The number of benzene rings is 2. The molecular formula is C22H24O6. The molecule has 0 unspecified atom stereocenters. The molecule has 2 aromatic rings. The van der Waals surface area contributed by atoms with E-state index in [1.54, 1.807) is 0 Å². The second kappa shape index (κ2) is 5.40. The molecule has 0 spiro atoms. The van der Waals surface area contributed by atoms with Gasteiger partial charge in [0.2, 0.25) is 0 Å². The Labute approximate surface area is 162 Å². The maximum absolute atomic E-state index is 10.6. The van der Waals surface area contributed by atoms with Crippen molar-refractivity contribution >= 4 is 0 Å². The van der Waals surface area contributed by atoms with E-state index in [2.05, 4.69) is 0 Å². The minimum atomic E-state index is -0.483. The second-order valence-corrected chi connectivity index (χ2v) is 9.24. The van der Waals surface area contributed by atoms with Crippen LogP contribution in [-0.2, 0) is 10.8 Å². The molecule has 4 saturated carbocycles. The molecule has 6 N–H and O–H groups in total. The SMILES string of the molecule is Oc1cc(O)c(C23CC4CC(C2)CC(c2c(O)cc(O)cc2O)(C4)C3)c(O)c1. The van der Waals surface area contributed by atoms with E-state index in [0.29, 0.717) is 29.4 Å². The molecule has 0 saturated heterocycles. The van der Waals surface area contributed by atoms with E-state index in [-0.39, 0.29) is 34.5 Å². The lowest BCUT2D eigenvalue weighted by atomic mass is 9.41. The van der Waals surface area contributed by atoms with Gasteiger partial charge in [-0.2, -0.15) is 0 Å². The molecule has 4 aliphatic carbocycles. The molecule has 4 aliphatic rings. The summed E-state index contributed by atoms with van der Waals surface area (Å²) in [6.45, 7) is 0. The van der Waals surface area contributed by atoms with Gasteiger partial charge < -0.3 is 30.6 Å². The van der Waals surface area contributed by atoms with Crippen LogP contribution in [0.1, 0.15) is 49.7 Å². The number of hydrogen-bond donors (Lipinski definition) is 6. The molecule has 28 heavy (non-hydrogen) atoms. The molecule has 4 fully saturated rings. The number of hydrogen-bond acceptors (Lipinski definition) is 6. The summed E-state index contributed by atoms with van der Waals surface area (Å²) >= 11 is 0. The summed E-state index contributed by atoms with van der Waals surface area (Å²) in [5.74, 6) is -0.146. The van der Waals surface area contributed by atoms with Crippen LogP contribution in [0.5, 0.6) is 34.5 Å². The maximum atomic E-state index is 10.6. The van der Waals surface area contributed by atoms with Gasteiger partial charge in [0.05, 0.1) is 0 Å². The minimum Gasteiger partial charge on any atom is -0.508 e. The lowest BCUT2D eigenvalue weighted by Crippen LogP contribution is -2.56. The van der Waals surface area contributed by atoms with Crippen LogP contribution in [-0.4, -0.2) is 30.6 Å².